The third-order valence-electron chi connectivity index (χ3n) is 3.35. The lowest BCUT2D eigenvalue weighted by atomic mass is 10.0. The predicted octanol–water partition coefficient (Wildman–Crippen LogP) is 4.22. The fourth-order valence-electron chi connectivity index (χ4n) is 2.20. The molecule has 0 fully saturated rings. The molecule has 106 valence electrons. The van der Waals surface area contributed by atoms with Crippen molar-refractivity contribution in [3.63, 3.8) is 0 Å². The van der Waals surface area contributed by atoms with Crippen LogP contribution in [0, 0.1) is 5.82 Å². The van der Waals surface area contributed by atoms with Gasteiger partial charge in [0.05, 0.1) is 0 Å². The summed E-state index contributed by atoms with van der Waals surface area (Å²) in [6.07, 6.45) is 0.733. The lowest BCUT2D eigenvalue weighted by molar-refractivity contribution is 0.359. The van der Waals surface area contributed by atoms with Crippen LogP contribution in [0.25, 0.3) is 11.4 Å². The quantitative estimate of drug-likeness (QED) is 0.719. The molecule has 2 aromatic carbocycles. The number of hydrogen-bond acceptors (Lipinski definition) is 3. The molecule has 0 aliphatic carbocycles. The van der Waals surface area contributed by atoms with Crippen molar-refractivity contribution in [3.8, 4) is 11.4 Å². The Hall–Kier alpha value is -2.49. The number of aromatic nitrogens is 2. The van der Waals surface area contributed by atoms with Gasteiger partial charge in [-0.2, -0.15) is 4.98 Å². The van der Waals surface area contributed by atoms with Crippen molar-refractivity contribution in [2.75, 3.05) is 0 Å². The summed E-state index contributed by atoms with van der Waals surface area (Å²) in [4.78, 5) is 4.44. The molecule has 1 heterocycles. The van der Waals surface area contributed by atoms with Gasteiger partial charge in [0, 0.05) is 11.5 Å². The van der Waals surface area contributed by atoms with E-state index in [9.17, 15) is 4.39 Å². The molecule has 4 heteroatoms. The molecule has 3 nitrogen and oxygen atoms in total. The maximum absolute atomic E-state index is 12.9. The van der Waals surface area contributed by atoms with Crippen molar-refractivity contribution in [3.05, 3.63) is 71.9 Å². The number of rotatable bonds is 4. The lowest BCUT2D eigenvalue weighted by Gasteiger charge is -2.06. The van der Waals surface area contributed by atoms with Crippen molar-refractivity contribution in [2.45, 2.75) is 19.3 Å². The largest absolute Gasteiger partial charge is 0.339 e. The van der Waals surface area contributed by atoms with Gasteiger partial charge < -0.3 is 4.52 Å². The summed E-state index contributed by atoms with van der Waals surface area (Å²) in [7, 11) is 0. The van der Waals surface area contributed by atoms with Crippen molar-refractivity contribution < 1.29 is 8.91 Å². The highest BCUT2D eigenvalue weighted by atomic mass is 19.1. The van der Waals surface area contributed by atoms with Gasteiger partial charge in [-0.25, -0.2) is 4.39 Å². The third-order valence-corrected chi connectivity index (χ3v) is 3.35. The van der Waals surface area contributed by atoms with E-state index in [1.807, 2.05) is 37.3 Å². The number of halogens is 1. The van der Waals surface area contributed by atoms with E-state index >= 15 is 0 Å². The highest BCUT2D eigenvalue weighted by molar-refractivity contribution is 5.53. The van der Waals surface area contributed by atoms with E-state index in [-0.39, 0.29) is 11.7 Å². The number of nitrogens with zero attached hydrogens (tertiary/aromatic N) is 2. The average Bonchev–Trinajstić information content (AvgIpc) is 3.00. The van der Waals surface area contributed by atoms with Crippen molar-refractivity contribution in [1.29, 1.82) is 0 Å². The van der Waals surface area contributed by atoms with Crippen molar-refractivity contribution in [2.24, 2.45) is 0 Å². The zero-order chi connectivity index (χ0) is 14.7. The van der Waals surface area contributed by atoms with Crippen LogP contribution in [-0.4, -0.2) is 10.1 Å². The topological polar surface area (TPSA) is 38.9 Å². The van der Waals surface area contributed by atoms with Crippen molar-refractivity contribution in [1.82, 2.24) is 10.1 Å². The third kappa shape index (κ3) is 3.16. The smallest absolute Gasteiger partial charge is 0.230 e. The molecule has 0 spiro atoms. The predicted molar refractivity (Wildman–Crippen MR) is 78.3 cm³/mol. The monoisotopic (exact) mass is 282 g/mol. The Balaban J connectivity index is 1.75. The minimum absolute atomic E-state index is 0.0837. The van der Waals surface area contributed by atoms with Gasteiger partial charge in [0.2, 0.25) is 11.7 Å². The summed E-state index contributed by atoms with van der Waals surface area (Å²) in [5, 5.41) is 4.02. The summed E-state index contributed by atoms with van der Waals surface area (Å²) in [5.74, 6) is 1.05. The van der Waals surface area contributed by atoms with Crippen LogP contribution in [0.2, 0.25) is 0 Å². The van der Waals surface area contributed by atoms with Crippen LogP contribution in [0.5, 0.6) is 0 Å². The first-order valence-electron chi connectivity index (χ1n) is 6.86. The molecule has 3 rings (SSSR count). The fraction of sp³-hybridized carbons (Fsp3) is 0.176. The van der Waals surface area contributed by atoms with Crippen LogP contribution < -0.4 is 0 Å². The van der Waals surface area contributed by atoms with Gasteiger partial charge in [-0.1, -0.05) is 54.5 Å². The minimum Gasteiger partial charge on any atom is -0.339 e. The summed E-state index contributed by atoms with van der Waals surface area (Å²) in [6, 6.07) is 16.2. The Morgan fingerprint density at radius 3 is 2.48 bits per heavy atom. The summed E-state index contributed by atoms with van der Waals surface area (Å²) in [5.41, 5.74) is 1.98. The van der Waals surface area contributed by atoms with E-state index < -0.39 is 0 Å². The molecule has 0 N–H and O–H groups in total. The van der Waals surface area contributed by atoms with Crippen molar-refractivity contribution >= 4 is 0 Å². The summed E-state index contributed by atoms with van der Waals surface area (Å²) < 4.78 is 18.2. The fourth-order valence-corrected chi connectivity index (χ4v) is 2.20. The Morgan fingerprint density at radius 2 is 1.76 bits per heavy atom. The maximum atomic E-state index is 12.9. The second-order valence-corrected chi connectivity index (χ2v) is 5.05. The molecule has 0 aliphatic rings. The van der Waals surface area contributed by atoms with E-state index in [2.05, 4.69) is 10.1 Å². The molecule has 0 amide bonds. The Labute approximate surface area is 122 Å². The Bertz CT molecular complexity index is 707. The molecular weight excluding hydrogens is 267 g/mol. The molecule has 0 unspecified atom stereocenters. The van der Waals surface area contributed by atoms with Crippen LogP contribution >= 0.6 is 0 Å². The van der Waals surface area contributed by atoms with E-state index in [1.165, 1.54) is 12.1 Å². The average molecular weight is 282 g/mol. The molecule has 3 aromatic rings. The van der Waals surface area contributed by atoms with Gasteiger partial charge in [-0.3, -0.25) is 0 Å². The summed E-state index contributed by atoms with van der Waals surface area (Å²) >= 11 is 0. The van der Waals surface area contributed by atoms with E-state index in [1.54, 1.807) is 12.1 Å². The lowest BCUT2D eigenvalue weighted by Crippen LogP contribution is -1.99. The zero-order valence-electron chi connectivity index (χ0n) is 11.7. The molecule has 0 saturated carbocycles. The van der Waals surface area contributed by atoms with Gasteiger partial charge in [0.15, 0.2) is 0 Å². The Kier molecular flexibility index (Phi) is 3.77. The van der Waals surface area contributed by atoms with Crippen LogP contribution in [0.1, 0.15) is 24.3 Å². The van der Waals surface area contributed by atoms with E-state index in [0.29, 0.717) is 11.7 Å². The standard InChI is InChI=1S/C17H15FN2O/c1-12(11-13-7-9-15(18)10-8-13)17-19-16(20-21-17)14-5-3-2-4-6-14/h2-10,12H,11H2,1H3/t12-/m1/s1. The maximum Gasteiger partial charge on any atom is 0.230 e. The van der Waals surface area contributed by atoms with Gasteiger partial charge in [-0.15, -0.1) is 0 Å². The molecule has 21 heavy (non-hydrogen) atoms. The molecule has 0 radical (unpaired) electrons. The SMILES string of the molecule is C[C@H](Cc1ccc(F)cc1)c1nc(-c2ccccc2)no1. The molecule has 1 aromatic heterocycles. The van der Waals surface area contributed by atoms with E-state index in [0.717, 1.165) is 17.5 Å². The first-order chi connectivity index (χ1) is 10.2. The Morgan fingerprint density at radius 1 is 1.05 bits per heavy atom. The van der Waals surface area contributed by atoms with Crippen LogP contribution in [0.3, 0.4) is 0 Å². The van der Waals surface area contributed by atoms with Crippen LogP contribution in [0.15, 0.2) is 59.1 Å². The molecular formula is C17H15FN2O. The van der Waals surface area contributed by atoms with Gasteiger partial charge >= 0.3 is 0 Å². The normalized spacial score (nSPS) is 12.3. The molecule has 1 atom stereocenters. The second kappa shape index (κ2) is 5.87. The molecule has 0 bridgehead atoms. The van der Waals surface area contributed by atoms with E-state index in [4.69, 9.17) is 4.52 Å². The highest BCUT2D eigenvalue weighted by Crippen LogP contribution is 2.22. The van der Waals surface area contributed by atoms with Gasteiger partial charge in [0.25, 0.3) is 0 Å². The molecule has 0 aliphatic heterocycles. The first-order valence-corrected chi connectivity index (χ1v) is 6.86. The van der Waals surface area contributed by atoms with Crippen LogP contribution in [0.4, 0.5) is 4.39 Å². The van der Waals surface area contributed by atoms with Gasteiger partial charge in [-0.05, 0) is 24.1 Å². The zero-order valence-corrected chi connectivity index (χ0v) is 11.7. The second-order valence-electron chi connectivity index (χ2n) is 5.05. The summed E-state index contributed by atoms with van der Waals surface area (Å²) in [6.45, 7) is 2.02. The number of benzene rings is 2. The van der Waals surface area contributed by atoms with Crippen LogP contribution in [-0.2, 0) is 6.42 Å². The highest BCUT2D eigenvalue weighted by Gasteiger charge is 2.15. The van der Waals surface area contributed by atoms with Gasteiger partial charge in [0.1, 0.15) is 5.82 Å². The number of hydrogen-bond donors (Lipinski definition) is 0. The first kappa shape index (κ1) is 13.5. The molecule has 0 saturated heterocycles. The minimum atomic E-state index is -0.226.